The molecule has 1 saturated heterocycles. The van der Waals surface area contributed by atoms with E-state index in [9.17, 15) is 9.59 Å². The molecule has 0 radical (unpaired) electrons. The van der Waals surface area contributed by atoms with Crippen molar-refractivity contribution in [1.82, 2.24) is 14.5 Å². The number of carbonyl (C=O) groups excluding carboxylic acids is 2. The van der Waals surface area contributed by atoms with Crippen molar-refractivity contribution in [1.29, 1.82) is 0 Å². The van der Waals surface area contributed by atoms with Crippen LogP contribution in [0.1, 0.15) is 23.2 Å². The number of benzene rings is 2. The van der Waals surface area contributed by atoms with Gasteiger partial charge in [0, 0.05) is 29.6 Å². The second kappa shape index (κ2) is 10.9. The van der Waals surface area contributed by atoms with Crippen LogP contribution in [0.3, 0.4) is 0 Å². The van der Waals surface area contributed by atoms with Crippen LogP contribution in [0.2, 0.25) is 0 Å². The fraction of sp³-hybridized carbons (Fsp3) is 0.296. The lowest BCUT2D eigenvalue weighted by atomic mass is 10.1. The van der Waals surface area contributed by atoms with Crippen LogP contribution in [0.5, 0.6) is 17.2 Å². The summed E-state index contributed by atoms with van der Waals surface area (Å²) in [4.78, 5) is 30.7. The summed E-state index contributed by atoms with van der Waals surface area (Å²) in [6.45, 7) is 0.843. The van der Waals surface area contributed by atoms with Gasteiger partial charge < -0.3 is 43.9 Å². The molecular formula is C27H29N5O7. The Bertz CT molecular complexity index is 1490. The summed E-state index contributed by atoms with van der Waals surface area (Å²) in [5, 5.41) is 4.03. The van der Waals surface area contributed by atoms with Gasteiger partial charge >= 0.3 is 6.09 Å². The van der Waals surface area contributed by atoms with E-state index in [2.05, 4.69) is 10.3 Å². The minimum Gasteiger partial charge on any atom is -0.493 e. The molecule has 204 valence electrons. The minimum atomic E-state index is -0.841. The first kappa shape index (κ1) is 25.8. The zero-order valence-corrected chi connectivity index (χ0v) is 21.8. The van der Waals surface area contributed by atoms with E-state index in [1.807, 2.05) is 12.1 Å². The van der Waals surface area contributed by atoms with E-state index < -0.39 is 12.2 Å². The molecule has 2 aromatic carbocycles. The second-order valence-electron chi connectivity index (χ2n) is 8.99. The number of hydrogen-bond donors (Lipinski definition) is 2. The van der Waals surface area contributed by atoms with E-state index >= 15 is 0 Å². The van der Waals surface area contributed by atoms with Crippen molar-refractivity contribution >= 4 is 34.5 Å². The Kier molecular flexibility index (Phi) is 7.17. The van der Waals surface area contributed by atoms with Gasteiger partial charge in [-0.25, -0.2) is 9.78 Å². The van der Waals surface area contributed by atoms with Crippen LogP contribution in [-0.4, -0.2) is 67.0 Å². The molecule has 5 rings (SSSR count). The maximum atomic E-state index is 13.4. The predicted molar refractivity (Wildman–Crippen MR) is 142 cm³/mol. The number of furan rings is 1. The first-order chi connectivity index (χ1) is 18.9. The molecule has 12 heteroatoms. The average Bonchev–Trinajstić information content (AvgIpc) is 3.61. The summed E-state index contributed by atoms with van der Waals surface area (Å²) >= 11 is 0. The van der Waals surface area contributed by atoms with Crippen molar-refractivity contribution < 1.29 is 33.0 Å². The molecule has 1 fully saturated rings. The van der Waals surface area contributed by atoms with Crippen molar-refractivity contribution in [3.63, 3.8) is 0 Å². The van der Waals surface area contributed by atoms with Gasteiger partial charge in [0.1, 0.15) is 18.2 Å². The van der Waals surface area contributed by atoms with Crippen molar-refractivity contribution in [2.75, 3.05) is 39.7 Å². The Labute approximate surface area is 224 Å². The van der Waals surface area contributed by atoms with E-state index in [0.29, 0.717) is 59.3 Å². The van der Waals surface area contributed by atoms with E-state index in [1.165, 1.54) is 0 Å². The Morgan fingerprint density at radius 1 is 1.10 bits per heavy atom. The number of ether oxygens (including phenoxy) is 4. The zero-order chi connectivity index (χ0) is 27.5. The number of fused-ring (bicyclic) bond motifs is 1. The summed E-state index contributed by atoms with van der Waals surface area (Å²) in [7, 11) is 4.66. The van der Waals surface area contributed by atoms with Gasteiger partial charge in [0.2, 0.25) is 5.75 Å². The normalized spacial score (nSPS) is 15.2. The molecule has 39 heavy (non-hydrogen) atoms. The zero-order valence-electron chi connectivity index (χ0n) is 21.8. The molecule has 0 spiro atoms. The fourth-order valence-corrected chi connectivity index (χ4v) is 4.75. The number of nitrogens with one attached hydrogen (secondary N) is 1. The van der Waals surface area contributed by atoms with Crippen molar-refractivity contribution in [2.45, 2.75) is 18.9 Å². The predicted octanol–water partition coefficient (Wildman–Crippen LogP) is 4.09. The number of nitrogens with two attached hydrogens (primary N) is 1. The van der Waals surface area contributed by atoms with Crippen LogP contribution in [0.25, 0.3) is 16.7 Å². The van der Waals surface area contributed by atoms with Crippen LogP contribution in [0, 0.1) is 0 Å². The maximum Gasteiger partial charge on any atom is 0.404 e. The van der Waals surface area contributed by atoms with Crippen molar-refractivity contribution in [3.8, 4) is 22.9 Å². The molecular weight excluding hydrogens is 506 g/mol. The molecule has 2 amide bonds. The molecule has 0 unspecified atom stereocenters. The molecule has 0 bridgehead atoms. The molecule has 1 aliphatic rings. The number of imidazole rings is 1. The summed E-state index contributed by atoms with van der Waals surface area (Å²) in [5.41, 5.74) is 7.55. The molecule has 0 aliphatic carbocycles. The second-order valence-corrected chi connectivity index (χ2v) is 8.99. The molecule has 2 aromatic heterocycles. The van der Waals surface area contributed by atoms with Crippen LogP contribution in [0.15, 0.2) is 53.5 Å². The fourth-order valence-electron chi connectivity index (χ4n) is 4.75. The van der Waals surface area contributed by atoms with Crippen LogP contribution in [0.4, 0.5) is 16.3 Å². The standard InChI is InChI=1S/C27H29N5O7/c1-35-21-11-18(12-22(36-2)25(21)37-3)32-14-23(29-15-32)30-20-10-17(9-16-6-8-38-24(16)20)26(33)31-7-4-5-19(13-31)39-27(28)34/h6,8-12,14-15,19,30H,4-5,7,13H2,1-3H3,(H2,28,34)/t19-/m1/s1. The SMILES string of the molecule is COc1cc(-n2cnc(Nc3cc(C(=O)N4CCC[C@@H](OC(N)=O)C4)cc4ccoc34)c2)cc(OC)c1OC. The third-order valence-corrected chi connectivity index (χ3v) is 6.54. The number of nitrogens with zero attached hydrogens (tertiary/aromatic N) is 3. The quantitative estimate of drug-likeness (QED) is 0.341. The Hall–Kier alpha value is -4.87. The lowest BCUT2D eigenvalue weighted by Crippen LogP contribution is -2.44. The van der Waals surface area contributed by atoms with Gasteiger partial charge in [-0.2, -0.15) is 0 Å². The van der Waals surface area contributed by atoms with E-state index in [1.54, 1.807) is 67.8 Å². The number of rotatable bonds is 8. The Morgan fingerprint density at radius 2 is 1.87 bits per heavy atom. The van der Waals surface area contributed by atoms with Gasteiger partial charge in [-0.15, -0.1) is 0 Å². The largest absolute Gasteiger partial charge is 0.493 e. The first-order valence-corrected chi connectivity index (χ1v) is 12.3. The number of aromatic nitrogens is 2. The lowest BCUT2D eigenvalue weighted by Gasteiger charge is -2.32. The van der Waals surface area contributed by atoms with Gasteiger partial charge in [0.15, 0.2) is 17.1 Å². The molecule has 3 heterocycles. The third kappa shape index (κ3) is 5.26. The van der Waals surface area contributed by atoms with Gasteiger partial charge in [0.05, 0.1) is 51.7 Å². The highest BCUT2D eigenvalue weighted by molar-refractivity contribution is 6.02. The monoisotopic (exact) mass is 535 g/mol. The molecule has 1 aliphatic heterocycles. The number of amides is 2. The van der Waals surface area contributed by atoms with Gasteiger partial charge in [-0.3, -0.25) is 4.79 Å². The number of carbonyl (C=O) groups is 2. The van der Waals surface area contributed by atoms with Crippen molar-refractivity contribution in [2.24, 2.45) is 5.73 Å². The number of methoxy groups -OCH3 is 3. The molecule has 12 nitrogen and oxygen atoms in total. The van der Waals surface area contributed by atoms with Crippen molar-refractivity contribution in [3.05, 3.63) is 54.7 Å². The minimum absolute atomic E-state index is 0.179. The van der Waals surface area contributed by atoms with Crippen LogP contribution < -0.4 is 25.3 Å². The summed E-state index contributed by atoms with van der Waals surface area (Å²) < 4.78 is 29.0. The average molecular weight is 536 g/mol. The summed E-state index contributed by atoms with van der Waals surface area (Å²) in [6, 6.07) is 8.92. The number of anilines is 2. The number of primary amides is 1. The topological polar surface area (TPSA) is 143 Å². The highest BCUT2D eigenvalue weighted by Gasteiger charge is 2.27. The van der Waals surface area contributed by atoms with E-state index in [4.69, 9.17) is 29.1 Å². The molecule has 0 saturated carbocycles. The number of hydrogen-bond acceptors (Lipinski definition) is 9. The molecule has 4 aromatic rings. The van der Waals surface area contributed by atoms with Gasteiger partial charge in [-0.05, 0) is 31.0 Å². The summed E-state index contributed by atoms with van der Waals surface area (Å²) in [5.74, 6) is 1.87. The van der Waals surface area contributed by atoms with Crippen LogP contribution >= 0.6 is 0 Å². The highest BCUT2D eigenvalue weighted by atomic mass is 16.6. The summed E-state index contributed by atoms with van der Waals surface area (Å²) in [6.07, 6.45) is 5.11. The first-order valence-electron chi connectivity index (χ1n) is 12.3. The van der Waals surface area contributed by atoms with E-state index in [0.717, 1.165) is 11.1 Å². The number of likely N-dealkylation sites (tertiary alicyclic amines) is 1. The third-order valence-electron chi connectivity index (χ3n) is 6.54. The van der Waals surface area contributed by atoms with Crippen LogP contribution in [-0.2, 0) is 4.74 Å². The van der Waals surface area contributed by atoms with E-state index in [-0.39, 0.29) is 12.5 Å². The Balaban J connectivity index is 1.41. The Morgan fingerprint density at radius 3 is 2.56 bits per heavy atom. The molecule has 3 N–H and O–H groups in total. The molecule has 1 atom stereocenters. The van der Waals surface area contributed by atoms with Gasteiger partial charge in [-0.1, -0.05) is 0 Å². The highest BCUT2D eigenvalue weighted by Crippen LogP contribution is 2.39. The smallest absolute Gasteiger partial charge is 0.404 e. The van der Waals surface area contributed by atoms with Gasteiger partial charge in [0.25, 0.3) is 5.91 Å². The number of piperidine rings is 1. The maximum absolute atomic E-state index is 13.4. The lowest BCUT2D eigenvalue weighted by molar-refractivity contribution is 0.0373.